The highest BCUT2D eigenvalue weighted by molar-refractivity contribution is 5.91. The zero-order chi connectivity index (χ0) is 18.5. The number of aromatic nitrogens is 2. The second kappa shape index (κ2) is 7.97. The van der Waals surface area contributed by atoms with Crippen molar-refractivity contribution in [2.75, 3.05) is 11.9 Å². The number of rotatable bonds is 6. The summed E-state index contributed by atoms with van der Waals surface area (Å²) in [6, 6.07) is 20.1. The maximum Gasteiger partial charge on any atom is 0.239 e. The number of amides is 1. The first-order valence-corrected chi connectivity index (χ1v) is 8.75. The lowest BCUT2D eigenvalue weighted by Gasteiger charge is -2.14. The van der Waals surface area contributed by atoms with Crippen LogP contribution in [0.15, 0.2) is 60.7 Å². The van der Waals surface area contributed by atoms with Crippen molar-refractivity contribution in [2.24, 2.45) is 0 Å². The van der Waals surface area contributed by atoms with Crippen molar-refractivity contribution >= 4 is 11.7 Å². The summed E-state index contributed by atoms with van der Waals surface area (Å²) in [7, 11) is 0. The molecule has 3 aromatic rings. The molecule has 0 fully saturated rings. The van der Waals surface area contributed by atoms with Gasteiger partial charge < -0.3 is 10.6 Å². The van der Waals surface area contributed by atoms with E-state index >= 15 is 0 Å². The lowest BCUT2D eigenvalue weighted by molar-refractivity contribution is -0.115. The minimum Gasteiger partial charge on any atom is -0.309 e. The number of nitrogens with zero attached hydrogens (tertiary/aromatic N) is 2. The van der Waals surface area contributed by atoms with Gasteiger partial charge >= 0.3 is 0 Å². The normalized spacial score (nSPS) is 12.0. The number of aryl methyl sites for hydroxylation is 2. The lowest BCUT2D eigenvalue weighted by atomic mass is 10.1. The van der Waals surface area contributed by atoms with Crippen molar-refractivity contribution < 1.29 is 4.79 Å². The second-order valence-corrected chi connectivity index (χ2v) is 6.48. The van der Waals surface area contributed by atoms with Gasteiger partial charge in [0.25, 0.3) is 0 Å². The molecular formula is C21H24N4O. The lowest BCUT2D eigenvalue weighted by Crippen LogP contribution is -2.30. The van der Waals surface area contributed by atoms with Crippen LogP contribution < -0.4 is 10.6 Å². The third-order valence-electron chi connectivity index (χ3n) is 4.25. The third-order valence-corrected chi connectivity index (χ3v) is 4.25. The molecule has 5 nitrogen and oxygen atoms in total. The molecule has 0 aliphatic carbocycles. The molecule has 0 saturated carbocycles. The number of benzene rings is 2. The van der Waals surface area contributed by atoms with Crippen LogP contribution in [0, 0.1) is 13.8 Å². The fourth-order valence-corrected chi connectivity index (χ4v) is 2.76. The molecule has 1 atom stereocenters. The highest BCUT2D eigenvalue weighted by Gasteiger charge is 2.12. The first-order chi connectivity index (χ1) is 12.5. The van der Waals surface area contributed by atoms with Crippen molar-refractivity contribution in [3.05, 3.63) is 77.5 Å². The number of carbonyl (C=O) groups is 1. The average molecular weight is 348 g/mol. The van der Waals surface area contributed by atoms with E-state index in [1.165, 1.54) is 5.56 Å². The van der Waals surface area contributed by atoms with Crippen LogP contribution in [0.3, 0.4) is 0 Å². The molecule has 134 valence electrons. The number of nitrogens with one attached hydrogen (secondary N) is 2. The van der Waals surface area contributed by atoms with Crippen LogP contribution in [0.5, 0.6) is 0 Å². The van der Waals surface area contributed by atoms with Gasteiger partial charge in [0.15, 0.2) is 0 Å². The van der Waals surface area contributed by atoms with Gasteiger partial charge in [0.05, 0.1) is 17.9 Å². The second-order valence-electron chi connectivity index (χ2n) is 6.48. The summed E-state index contributed by atoms with van der Waals surface area (Å²) in [6.07, 6.45) is 0. The molecule has 0 aliphatic heterocycles. The predicted molar refractivity (Wildman–Crippen MR) is 105 cm³/mol. The summed E-state index contributed by atoms with van der Waals surface area (Å²) in [5.41, 5.74) is 4.11. The zero-order valence-electron chi connectivity index (χ0n) is 15.4. The standard InChI is InChI=1S/C21H24N4O/c1-15-9-11-19(12-10-15)25-20(13-16(2)24-25)23-21(26)14-22-17(3)18-7-5-4-6-8-18/h4-13,17,22H,14H2,1-3H3,(H,23,26)/t17-/m0/s1. The highest BCUT2D eigenvalue weighted by Crippen LogP contribution is 2.18. The highest BCUT2D eigenvalue weighted by atomic mass is 16.2. The van der Waals surface area contributed by atoms with Gasteiger partial charge in [-0.1, -0.05) is 48.0 Å². The molecule has 26 heavy (non-hydrogen) atoms. The van der Waals surface area contributed by atoms with Gasteiger partial charge in [0.1, 0.15) is 5.82 Å². The number of hydrogen-bond acceptors (Lipinski definition) is 3. The Hall–Kier alpha value is -2.92. The van der Waals surface area contributed by atoms with E-state index in [0.717, 1.165) is 16.9 Å². The van der Waals surface area contributed by atoms with E-state index in [-0.39, 0.29) is 18.5 Å². The van der Waals surface area contributed by atoms with Crippen LogP contribution >= 0.6 is 0 Å². The largest absolute Gasteiger partial charge is 0.309 e. The maximum absolute atomic E-state index is 12.4. The predicted octanol–water partition coefficient (Wildman–Crippen LogP) is 3.78. The van der Waals surface area contributed by atoms with Crippen LogP contribution in [0.25, 0.3) is 5.69 Å². The smallest absolute Gasteiger partial charge is 0.239 e. The van der Waals surface area contributed by atoms with E-state index in [1.807, 2.05) is 81.4 Å². The molecule has 1 amide bonds. The van der Waals surface area contributed by atoms with Gasteiger partial charge in [-0.3, -0.25) is 4.79 Å². The molecule has 5 heteroatoms. The summed E-state index contributed by atoms with van der Waals surface area (Å²) in [5.74, 6) is 0.576. The van der Waals surface area contributed by atoms with Gasteiger partial charge in [-0.25, -0.2) is 4.68 Å². The van der Waals surface area contributed by atoms with Crippen LogP contribution in [0.4, 0.5) is 5.82 Å². The van der Waals surface area contributed by atoms with Gasteiger partial charge in [-0.05, 0) is 38.5 Å². The van der Waals surface area contributed by atoms with Gasteiger partial charge in [0, 0.05) is 12.1 Å². The Morgan fingerprint density at radius 1 is 1.08 bits per heavy atom. The van der Waals surface area contributed by atoms with E-state index in [9.17, 15) is 4.79 Å². The van der Waals surface area contributed by atoms with E-state index in [0.29, 0.717) is 5.82 Å². The average Bonchev–Trinajstić information content (AvgIpc) is 3.01. The molecule has 2 N–H and O–H groups in total. The van der Waals surface area contributed by atoms with Crippen LogP contribution in [-0.2, 0) is 4.79 Å². The van der Waals surface area contributed by atoms with Crippen molar-refractivity contribution in [3.63, 3.8) is 0 Å². The Balaban J connectivity index is 1.65. The van der Waals surface area contributed by atoms with E-state index in [4.69, 9.17) is 0 Å². The molecular weight excluding hydrogens is 324 g/mol. The molecule has 2 aromatic carbocycles. The van der Waals surface area contributed by atoms with E-state index in [1.54, 1.807) is 4.68 Å². The Kier molecular flexibility index (Phi) is 5.49. The van der Waals surface area contributed by atoms with Crippen LogP contribution in [-0.4, -0.2) is 22.2 Å². The Labute approximate surface area is 154 Å². The summed E-state index contributed by atoms with van der Waals surface area (Å²) < 4.78 is 1.76. The van der Waals surface area contributed by atoms with Crippen molar-refractivity contribution in [1.82, 2.24) is 15.1 Å². The first-order valence-electron chi connectivity index (χ1n) is 8.75. The number of hydrogen-bond donors (Lipinski definition) is 2. The van der Waals surface area contributed by atoms with Crippen molar-refractivity contribution in [3.8, 4) is 5.69 Å². The van der Waals surface area contributed by atoms with Crippen LogP contribution in [0.1, 0.15) is 29.8 Å². The SMILES string of the molecule is Cc1ccc(-n2nc(C)cc2NC(=O)CN[C@@H](C)c2ccccc2)cc1. The summed E-state index contributed by atoms with van der Waals surface area (Å²) in [5, 5.41) is 10.7. The van der Waals surface area contributed by atoms with E-state index < -0.39 is 0 Å². The quantitative estimate of drug-likeness (QED) is 0.713. The first kappa shape index (κ1) is 17.9. The number of carbonyl (C=O) groups excluding carboxylic acids is 1. The Morgan fingerprint density at radius 3 is 2.46 bits per heavy atom. The third kappa shape index (κ3) is 4.37. The maximum atomic E-state index is 12.4. The fraction of sp³-hybridized carbons (Fsp3) is 0.238. The van der Waals surface area contributed by atoms with Gasteiger partial charge in [-0.15, -0.1) is 0 Å². The van der Waals surface area contributed by atoms with E-state index in [2.05, 4.69) is 15.7 Å². The molecule has 3 rings (SSSR count). The Morgan fingerprint density at radius 2 is 1.77 bits per heavy atom. The molecule has 1 aromatic heterocycles. The Bertz CT molecular complexity index is 869. The zero-order valence-corrected chi connectivity index (χ0v) is 15.4. The molecule has 0 unspecified atom stereocenters. The monoisotopic (exact) mass is 348 g/mol. The topological polar surface area (TPSA) is 59.0 Å². The minimum atomic E-state index is -0.0963. The van der Waals surface area contributed by atoms with Crippen LogP contribution in [0.2, 0.25) is 0 Å². The van der Waals surface area contributed by atoms with Crippen molar-refractivity contribution in [2.45, 2.75) is 26.8 Å². The molecule has 0 saturated heterocycles. The molecule has 1 heterocycles. The fourth-order valence-electron chi connectivity index (χ4n) is 2.76. The van der Waals surface area contributed by atoms with Gasteiger partial charge in [-0.2, -0.15) is 5.10 Å². The summed E-state index contributed by atoms with van der Waals surface area (Å²) in [6.45, 7) is 6.23. The molecule has 0 aliphatic rings. The minimum absolute atomic E-state index is 0.0963. The summed E-state index contributed by atoms with van der Waals surface area (Å²) in [4.78, 5) is 12.4. The molecule has 0 bridgehead atoms. The molecule has 0 radical (unpaired) electrons. The summed E-state index contributed by atoms with van der Waals surface area (Å²) >= 11 is 0. The van der Waals surface area contributed by atoms with Gasteiger partial charge in [0.2, 0.25) is 5.91 Å². The molecule has 0 spiro atoms. The number of anilines is 1. The van der Waals surface area contributed by atoms with Crippen molar-refractivity contribution in [1.29, 1.82) is 0 Å².